The Balaban J connectivity index is 2.75. The molecular weight excluding hydrogens is 194 g/mol. The molecule has 1 rings (SSSR count). The fourth-order valence-electron chi connectivity index (χ4n) is 0.623. The van der Waals surface area contributed by atoms with E-state index < -0.39 is 0 Å². The van der Waals surface area contributed by atoms with Gasteiger partial charge in [0.15, 0.2) is 0 Å². The van der Waals surface area contributed by atoms with Crippen LogP contribution in [0.15, 0.2) is 22.8 Å². The molecule has 0 aliphatic heterocycles. The van der Waals surface area contributed by atoms with Crippen LogP contribution in [0.3, 0.4) is 0 Å². The summed E-state index contributed by atoms with van der Waals surface area (Å²) in [6, 6.07) is 1.89. The smallest absolute Gasteiger partial charge is 0.142 e. The summed E-state index contributed by atoms with van der Waals surface area (Å²) in [4.78, 5) is 12.8. The van der Waals surface area contributed by atoms with Crippen molar-refractivity contribution in [3.63, 3.8) is 0 Å². The molecule has 0 spiro atoms. The third-order valence-electron chi connectivity index (χ3n) is 1.02. The minimum Gasteiger partial charge on any atom is -0.361 e. The first-order chi connectivity index (χ1) is 4.83. The first-order valence-electron chi connectivity index (χ1n) is 2.78. The van der Waals surface area contributed by atoms with Gasteiger partial charge in [-0.3, -0.25) is 4.79 Å². The van der Waals surface area contributed by atoms with Crippen LogP contribution in [0.5, 0.6) is 0 Å². The molecule has 1 N–H and O–H groups in total. The summed E-state index contributed by atoms with van der Waals surface area (Å²) in [6.45, 7) is 0. The third-order valence-corrected chi connectivity index (χ3v) is 1.48. The summed E-state index contributed by atoms with van der Waals surface area (Å²) in [5.74, 6) is 0. The average Bonchev–Trinajstić information content (AvgIpc) is 2.31. The topological polar surface area (TPSA) is 32.9 Å². The van der Waals surface area contributed by atoms with Gasteiger partial charge in [-0.2, -0.15) is 0 Å². The van der Waals surface area contributed by atoms with E-state index >= 15 is 0 Å². The quantitative estimate of drug-likeness (QED) is 0.574. The van der Waals surface area contributed by atoms with Crippen LogP contribution in [0.2, 0.25) is 0 Å². The van der Waals surface area contributed by atoms with E-state index in [0.717, 1.165) is 16.5 Å². The van der Waals surface area contributed by atoms with Crippen LogP contribution in [-0.2, 0) is 4.79 Å². The van der Waals surface area contributed by atoms with Crippen molar-refractivity contribution in [3.05, 3.63) is 28.5 Å². The Morgan fingerprint density at radius 1 is 1.60 bits per heavy atom. The van der Waals surface area contributed by atoms with Crippen molar-refractivity contribution in [1.82, 2.24) is 4.98 Å². The van der Waals surface area contributed by atoms with Gasteiger partial charge in [-0.1, -0.05) is 0 Å². The second-order valence-electron chi connectivity index (χ2n) is 1.77. The van der Waals surface area contributed by atoms with E-state index in [1.807, 2.05) is 12.3 Å². The van der Waals surface area contributed by atoms with Crippen molar-refractivity contribution in [2.75, 3.05) is 0 Å². The molecular formula is C7H6BrNO. The van der Waals surface area contributed by atoms with Gasteiger partial charge in [-0.15, -0.1) is 0 Å². The zero-order chi connectivity index (χ0) is 7.40. The molecule has 0 radical (unpaired) electrons. The molecule has 0 aromatic carbocycles. The third kappa shape index (κ3) is 1.84. The second kappa shape index (κ2) is 3.37. The molecule has 0 bridgehead atoms. The van der Waals surface area contributed by atoms with Crippen molar-refractivity contribution in [2.24, 2.45) is 0 Å². The molecule has 3 heteroatoms. The minimum atomic E-state index is 0.745. The second-order valence-corrected chi connectivity index (χ2v) is 2.68. The molecule has 0 fully saturated rings. The number of aldehydes is 1. The van der Waals surface area contributed by atoms with Gasteiger partial charge in [0.1, 0.15) is 6.29 Å². The van der Waals surface area contributed by atoms with Crippen LogP contribution in [-0.4, -0.2) is 11.3 Å². The van der Waals surface area contributed by atoms with E-state index in [1.165, 1.54) is 6.08 Å². The van der Waals surface area contributed by atoms with Gasteiger partial charge in [0, 0.05) is 16.4 Å². The average molecular weight is 200 g/mol. The molecule has 0 saturated carbocycles. The Labute approximate surface area is 67.1 Å². The van der Waals surface area contributed by atoms with Gasteiger partial charge in [-0.25, -0.2) is 0 Å². The van der Waals surface area contributed by atoms with Crippen LogP contribution < -0.4 is 0 Å². The van der Waals surface area contributed by atoms with Gasteiger partial charge < -0.3 is 4.98 Å². The van der Waals surface area contributed by atoms with E-state index in [-0.39, 0.29) is 0 Å². The highest BCUT2D eigenvalue weighted by Gasteiger charge is 1.88. The number of rotatable bonds is 2. The number of aromatic amines is 1. The summed E-state index contributed by atoms with van der Waals surface area (Å²) in [5.41, 5.74) is 0.916. The molecule has 1 aromatic heterocycles. The Morgan fingerprint density at radius 3 is 2.90 bits per heavy atom. The van der Waals surface area contributed by atoms with Crippen molar-refractivity contribution < 1.29 is 4.79 Å². The highest BCUT2D eigenvalue weighted by molar-refractivity contribution is 9.10. The summed E-state index contributed by atoms with van der Waals surface area (Å²) < 4.78 is 0.984. The number of nitrogens with one attached hydrogen (secondary N) is 1. The van der Waals surface area contributed by atoms with Crippen molar-refractivity contribution in [1.29, 1.82) is 0 Å². The van der Waals surface area contributed by atoms with Gasteiger partial charge in [0.2, 0.25) is 0 Å². The SMILES string of the molecule is O=CC=Cc1cc(Br)c[nH]1. The lowest BCUT2D eigenvalue weighted by Gasteiger charge is -1.77. The van der Waals surface area contributed by atoms with Crippen molar-refractivity contribution in [3.8, 4) is 0 Å². The predicted molar refractivity (Wildman–Crippen MR) is 43.6 cm³/mol. The molecule has 0 unspecified atom stereocenters. The van der Waals surface area contributed by atoms with E-state index in [0.29, 0.717) is 0 Å². The maximum atomic E-state index is 9.87. The highest BCUT2D eigenvalue weighted by Crippen LogP contribution is 2.10. The molecule has 1 aromatic rings. The Kier molecular flexibility index (Phi) is 2.45. The standard InChI is InChI=1S/C7H6BrNO/c8-6-4-7(9-5-6)2-1-3-10/h1-5,9H. The van der Waals surface area contributed by atoms with Crippen LogP contribution in [0.1, 0.15) is 5.69 Å². The Hall–Kier alpha value is -0.830. The van der Waals surface area contributed by atoms with Gasteiger partial charge in [-0.05, 0) is 34.1 Å². The van der Waals surface area contributed by atoms with Gasteiger partial charge in [0.05, 0.1) is 0 Å². The zero-order valence-corrected chi connectivity index (χ0v) is 6.76. The number of hydrogen-bond acceptors (Lipinski definition) is 1. The summed E-state index contributed by atoms with van der Waals surface area (Å²) in [5, 5.41) is 0. The van der Waals surface area contributed by atoms with E-state index in [9.17, 15) is 4.79 Å². The molecule has 2 nitrogen and oxygen atoms in total. The lowest BCUT2D eigenvalue weighted by atomic mass is 10.4. The fourth-order valence-corrected chi connectivity index (χ4v) is 0.984. The number of H-pyrrole nitrogens is 1. The lowest BCUT2D eigenvalue weighted by Crippen LogP contribution is -1.66. The zero-order valence-electron chi connectivity index (χ0n) is 5.17. The normalized spacial score (nSPS) is 10.5. The molecule has 0 amide bonds. The maximum absolute atomic E-state index is 9.87. The summed E-state index contributed by atoms with van der Waals surface area (Å²) >= 11 is 3.27. The molecule has 0 aliphatic rings. The molecule has 52 valence electrons. The number of aromatic nitrogens is 1. The number of carbonyl (C=O) groups is 1. The fraction of sp³-hybridized carbons (Fsp3) is 0. The largest absolute Gasteiger partial charge is 0.361 e. The van der Waals surface area contributed by atoms with Crippen molar-refractivity contribution >= 4 is 28.3 Å². The van der Waals surface area contributed by atoms with E-state index in [2.05, 4.69) is 20.9 Å². The van der Waals surface area contributed by atoms with Gasteiger partial charge >= 0.3 is 0 Å². The molecule has 10 heavy (non-hydrogen) atoms. The summed E-state index contributed by atoms with van der Waals surface area (Å²) in [6.07, 6.45) is 5.70. The van der Waals surface area contributed by atoms with Crippen LogP contribution >= 0.6 is 15.9 Å². The Bertz CT molecular complexity index is 252. The monoisotopic (exact) mass is 199 g/mol. The van der Waals surface area contributed by atoms with Gasteiger partial charge in [0.25, 0.3) is 0 Å². The Morgan fingerprint density at radius 2 is 2.40 bits per heavy atom. The number of allylic oxidation sites excluding steroid dienone is 1. The number of halogens is 1. The molecule has 0 saturated heterocycles. The molecule has 0 aliphatic carbocycles. The number of carbonyl (C=O) groups excluding carboxylic acids is 1. The predicted octanol–water partition coefficient (Wildman–Crippen LogP) is 1.99. The highest BCUT2D eigenvalue weighted by atomic mass is 79.9. The van der Waals surface area contributed by atoms with E-state index in [4.69, 9.17) is 0 Å². The summed E-state index contributed by atoms with van der Waals surface area (Å²) in [7, 11) is 0. The van der Waals surface area contributed by atoms with Crippen LogP contribution in [0, 0.1) is 0 Å². The number of hydrogen-bond donors (Lipinski definition) is 1. The van der Waals surface area contributed by atoms with Crippen LogP contribution in [0.25, 0.3) is 6.08 Å². The maximum Gasteiger partial charge on any atom is 0.142 e. The molecule has 0 atom stereocenters. The minimum absolute atomic E-state index is 0.745. The van der Waals surface area contributed by atoms with Crippen molar-refractivity contribution in [2.45, 2.75) is 0 Å². The first-order valence-corrected chi connectivity index (χ1v) is 3.58. The lowest BCUT2D eigenvalue weighted by molar-refractivity contribution is -0.104. The van der Waals surface area contributed by atoms with E-state index in [1.54, 1.807) is 6.08 Å². The van der Waals surface area contributed by atoms with Crippen LogP contribution in [0.4, 0.5) is 0 Å². The first kappa shape index (κ1) is 7.28. The molecule has 1 heterocycles.